The van der Waals surface area contributed by atoms with Crippen LogP contribution in [-0.2, 0) is 13.6 Å². The van der Waals surface area contributed by atoms with Gasteiger partial charge in [0, 0.05) is 30.5 Å². The van der Waals surface area contributed by atoms with Crippen LogP contribution in [0.15, 0.2) is 54.9 Å². The molecule has 6 nitrogen and oxygen atoms in total. The van der Waals surface area contributed by atoms with Crippen LogP contribution in [0.5, 0.6) is 0 Å². The highest BCUT2D eigenvalue weighted by Crippen LogP contribution is 2.16. The fraction of sp³-hybridized carbons (Fsp3) is 0.118. The van der Waals surface area contributed by atoms with Crippen molar-refractivity contribution in [3.8, 4) is 0 Å². The summed E-state index contributed by atoms with van der Waals surface area (Å²) in [4.78, 5) is 12.4. The molecule has 4 rings (SSSR count). The predicted octanol–water partition coefficient (Wildman–Crippen LogP) is 2.15. The number of hydrogen-bond donors (Lipinski definition) is 1. The lowest BCUT2D eigenvalue weighted by Gasteiger charge is -2.05. The Hall–Kier alpha value is -3.15. The van der Waals surface area contributed by atoms with E-state index in [9.17, 15) is 4.79 Å². The number of benzene rings is 1. The van der Waals surface area contributed by atoms with E-state index in [0.717, 1.165) is 16.6 Å². The maximum absolute atomic E-state index is 12.4. The van der Waals surface area contributed by atoms with Crippen LogP contribution in [-0.4, -0.2) is 25.1 Å². The van der Waals surface area contributed by atoms with E-state index in [0.29, 0.717) is 17.9 Å². The second kappa shape index (κ2) is 5.24. The van der Waals surface area contributed by atoms with Gasteiger partial charge in [-0.2, -0.15) is 0 Å². The van der Waals surface area contributed by atoms with Crippen LogP contribution >= 0.6 is 0 Å². The minimum Gasteiger partial charge on any atom is -0.351 e. The van der Waals surface area contributed by atoms with Crippen molar-refractivity contribution in [1.29, 1.82) is 0 Å². The van der Waals surface area contributed by atoms with Gasteiger partial charge in [0.05, 0.1) is 6.54 Å². The third-order valence-electron chi connectivity index (χ3n) is 3.94. The van der Waals surface area contributed by atoms with Gasteiger partial charge in [0.2, 0.25) is 0 Å². The Kier molecular flexibility index (Phi) is 3.08. The van der Waals surface area contributed by atoms with Crippen molar-refractivity contribution in [3.05, 3.63) is 66.2 Å². The van der Waals surface area contributed by atoms with Crippen LogP contribution in [0.4, 0.5) is 0 Å². The number of pyridine rings is 1. The summed E-state index contributed by atoms with van der Waals surface area (Å²) in [6, 6.07) is 13.4. The molecular weight excluding hydrogens is 290 g/mol. The third kappa shape index (κ3) is 2.34. The van der Waals surface area contributed by atoms with Gasteiger partial charge < -0.3 is 9.88 Å². The molecule has 0 aliphatic carbocycles. The quantitative estimate of drug-likeness (QED) is 0.631. The average Bonchev–Trinajstić information content (AvgIpc) is 3.16. The van der Waals surface area contributed by atoms with Crippen LogP contribution in [0.1, 0.15) is 16.2 Å². The first kappa shape index (κ1) is 13.5. The molecule has 0 unspecified atom stereocenters. The van der Waals surface area contributed by atoms with Crippen molar-refractivity contribution in [3.63, 3.8) is 0 Å². The fourth-order valence-corrected chi connectivity index (χ4v) is 2.68. The summed E-state index contributed by atoms with van der Waals surface area (Å²) in [6.07, 6.45) is 3.86. The molecule has 0 spiro atoms. The first-order chi connectivity index (χ1) is 11.2. The zero-order valence-corrected chi connectivity index (χ0v) is 12.6. The Morgan fingerprint density at radius 2 is 2.04 bits per heavy atom. The topological polar surface area (TPSA) is 64.2 Å². The number of nitrogens with one attached hydrogen (secondary N) is 1. The van der Waals surface area contributed by atoms with Crippen molar-refractivity contribution < 1.29 is 4.79 Å². The maximum atomic E-state index is 12.4. The highest BCUT2D eigenvalue weighted by atomic mass is 16.1. The summed E-state index contributed by atoms with van der Waals surface area (Å²) in [5.41, 5.74) is 2.43. The summed E-state index contributed by atoms with van der Waals surface area (Å²) in [5.74, 6) is 0.578. The van der Waals surface area contributed by atoms with Crippen LogP contribution in [0, 0.1) is 0 Å². The van der Waals surface area contributed by atoms with Crippen molar-refractivity contribution >= 4 is 22.5 Å². The summed E-state index contributed by atoms with van der Waals surface area (Å²) in [6.45, 7) is 0.329. The molecule has 3 aromatic heterocycles. The van der Waals surface area contributed by atoms with Gasteiger partial charge >= 0.3 is 0 Å². The van der Waals surface area contributed by atoms with E-state index in [-0.39, 0.29) is 5.91 Å². The number of nitrogens with zero attached hydrogens (tertiary/aromatic N) is 4. The van der Waals surface area contributed by atoms with Crippen molar-refractivity contribution in [2.75, 3.05) is 0 Å². The molecule has 114 valence electrons. The van der Waals surface area contributed by atoms with E-state index in [1.807, 2.05) is 70.9 Å². The van der Waals surface area contributed by atoms with Gasteiger partial charge in [-0.1, -0.05) is 12.1 Å². The Labute approximate surface area is 132 Å². The summed E-state index contributed by atoms with van der Waals surface area (Å²) >= 11 is 0. The molecule has 3 heterocycles. The van der Waals surface area contributed by atoms with Crippen LogP contribution in [0.3, 0.4) is 0 Å². The number of fused-ring (bicyclic) bond motifs is 2. The molecule has 1 amide bonds. The molecule has 0 fully saturated rings. The van der Waals surface area contributed by atoms with E-state index < -0.39 is 0 Å². The highest BCUT2D eigenvalue weighted by Gasteiger charge is 2.10. The number of hydrogen-bond acceptors (Lipinski definition) is 3. The van der Waals surface area contributed by atoms with Crippen molar-refractivity contribution in [2.24, 2.45) is 7.05 Å². The van der Waals surface area contributed by atoms with Gasteiger partial charge in [-0.25, -0.2) is 0 Å². The smallest absolute Gasteiger partial charge is 0.251 e. The standard InChI is InChI=1S/C17H15N5O/c1-21-9-7-12-5-6-13(10-14(12)21)17(23)18-11-16-20-19-15-4-2-3-8-22(15)16/h2-10H,11H2,1H3,(H,18,23). The summed E-state index contributed by atoms with van der Waals surface area (Å²) in [7, 11) is 1.96. The highest BCUT2D eigenvalue weighted by molar-refractivity contribution is 5.98. The molecule has 1 aromatic carbocycles. The molecule has 0 saturated carbocycles. The van der Waals surface area contributed by atoms with Crippen LogP contribution < -0.4 is 5.32 Å². The second-order valence-electron chi connectivity index (χ2n) is 5.43. The lowest BCUT2D eigenvalue weighted by Crippen LogP contribution is -2.24. The first-order valence-electron chi connectivity index (χ1n) is 7.34. The largest absolute Gasteiger partial charge is 0.351 e. The lowest BCUT2D eigenvalue weighted by atomic mass is 10.1. The minimum atomic E-state index is -0.124. The number of amides is 1. The maximum Gasteiger partial charge on any atom is 0.251 e. The molecule has 6 heteroatoms. The molecule has 0 aliphatic rings. The van der Waals surface area contributed by atoms with Gasteiger partial charge in [0.15, 0.2) is 11.5 Å². The van der Waals surface area contributed by atoms with E-state index in [2.05, 4.69) is 15.5 Å². The Balaban J connectivity index is 1.56. The van der Waals surface area contributed by atoms with Crippen molar-refractivity contribution in [2.45, 2.75) is 6.54 Å². The molecule has 0 atom stereocenters. The Morgan fingerprint density at radius 1 is 1.13 bits per heavy atom. The zero-order chi connectivity index (χ0) is 15.8. The van der Waals surface area contributed by atoms with Crippen molar-refractivity contribution in [1.82, 2.24) is 24.5 Å². The molecule has 0 aliphatic heterocycles. The molecule has 1 N–H and O–H groups in total. The number of carbonyl (C=O) groups excluding carboxylic acids is 1. The fourth-order valence-electron chi connectivity index (χ4n) is 2.68. The van der Waals surface area contributed by atoms with Gasteiger partial charge in [-0.15, -0.1) is 10.2 Å². The molecule has 0 saturated heterocycles. The summed E-state index contributed by atoms with van der Waals surface area (Å²) < 4.78 is 3.86. The second-order valence-corrected chi connectivity index (χ2v) is 5.43. The van der Waals surface area contributed by atoms with E-state index in [4.69, 9.17) is 0 Å². The lowest BCUT2D eigenvalue weighted by molar-refractivity contribution is 0.0950. The molecule has 23 heavy (non-hydrogen) atoms. The van der Waals surface area contributed by atoms with E-state index in [1.54, 1.807) is 0 Å². The zero-order valence-electron chi connectivity index (χ0n) is 12.6. The molecule has 4 aromatic rings. The normalized spacial score (nSPS) is 11.2. The van der Waals surface area contributed by atoms with E-state index in [1.165, 1.54) is 0 Å². The Morgan fingerprint density at radius 3 is 2.96 bits per heavy atom. The number of aryl methyl sites for hydroxylation is 1. The first-order valence-corrected chi connectivity index (χ1v) is 7.34. The van der Waals surface area contributed by atoms with Gasteiger partial charge in [-0.3, -0.25) is 9.20 Å². The predicted molar refractivity (Wildman–Crippen MR) is 87.1 cm³/mol. The average molecular weight is 305 g/mol. The SMILES string of the molecule is Cn1ccc2ccc(C(=O)NCc3nnc4ccccn34)cc21. The van der Waals surface area contributed by atoms with Gasteiger partial charge in [-0.05, 0) is 35.7 Å². The van der Waals surface area contributed by atoms with Gasteiger partial charge in [0.1, 0.15) is 0 Å². The molecule has 0 bridgehead atoms. The van der Waals surface area contributed by atoms with Gasteiger partial charge in [0.25, 0.3) is 5.91 Å². The van der Waals surface area contributed by atoms with Crippen LogP contribution in [0.25, 0.3) is 16.6 Å². The molecule has 0 radical (unpaired) electrons. The Bertz CT molecular complexity index is 1010. The number of aromatic nitrogens is 4. The van der Waals surface area contributed by atoms with Crippen LogP contribution in [0.2, 0.25) is 0 Å². The number of carbonyl (C=O) groups is 1. The third-order valence-corrected chi connectivity index (χ3v) is 3.94. The number of rotatable bonds is 3. The monoisotopic (exact) mass is 305 g/mol. The van der Waals surface area contributed by atoms with E-state index >= 15 is 0 Å². The summed E-state index contributed by atoms with van der Waals surface area (Å²) in [5, 5.41) is 12.2. The molecular formula is C17H15N5O. The minimum absolute atomic E-state index is 0.124.